The van der Waals surface area contributed by atoms with E-state index in [9.17, 15) is 19.5 Å². The van der Waals surface area contributed by atoms with Gasteiger partial charge in [-0.25, -0.2) is 4.79 Å². The Bertz CT molecular complexity index is 885. The first kappa shape index (κ1) is 29.4. The molecule has 0 unspecified atom stereocenters. The van der Waals surface area contributed by atoms with Gasteiger partial charge < -0.3 is 15.3 Å². The van der Waals surface area contributed by atoms with Crippen LogP contribution in [0.2, 0.25) is 0 Å². The lowest BCUT2D eigenvalue weighted by atomic mass is 9.84. The van der Waals surface area contributed by atoms with Crippen molar-refractivity contribution in [2.45, 2.75) is 86.0 Å². The van der Waals surface area contributed by atoms with Gasteiger partial charge in [-0.1, -0.05) is 71.0 Å². The minimum atomic E-state index is -1.02. The van der Waals surface area contributed by atoms with Crippen LogP contribution in [0.1, 0.15) is 67.9 Å². The SMILES string of the molecule is C/C(=C\[C@H](C(C)C)N(C)C(=O)[C@@H](NC(=O)[C@@H](C)NC(C)(C)c1ccccc1)C(C)(C)C)C(=O)O. The summed E-state index contributed by atoms with van der Waals surface area (Å²) in [6, 6.07) is 8.13. The third-order valence-electron chi connectivity index (χ3n) is 6.10. The number of carboxylic acids is 1. The summed E-state index contributed by atoms with van der Waals surface area (Å²) in [7, 11) is 1.66. The number of amides is 2. The van der Waals surface area contributed by atoms with Crippen molar-refractivity contribution < 1.29 is 19.5 Å². The van der Waals surface area contributed by atoms with E-state index in [4.69, 9.17) is 0 Å². The molecule has 0 spiro atoms. The maximum absolute atomic E-state index is 13.6. The number of nitrogens with one attached hydrogen (secondary N) is 2. The first-order valence-corrected chi connectivity index (χ1v) is 11.8. The Morgan fingerprint density at radius 3 is 1.97 bits per heavy atom. The second-order valence-electron chi connectivity index (χ2n) is 11.0. The first-order chi connectivity index (χ1) is 15.5. The molecule has 0 heterocycles. The molecule has 0 radical (unpaired) electrons. The number of benzene rings is 1. The van der Waals surface area contributed by atoms with Crippen LogP contribution in [-0.2, 0) is 19.9 Å². The molecule has 0 aliphatic carbocycles. The van der Waals surface area contributed by atoms with Crippen molar-refractivity contribution >= 4 is 17.8 Å². The monoisotopic (exact) mass is 473 g/mol. The summed E-state index contributed by atoms with van der Waals surface area (Å²) in [6.45, 7) is 16.9. The minimum absolute atomic E-state index is 0.00756. The van der Waals surface area contributed by atoms with Crippen molar-refractivity contribution in [2.75, 3.05) is 7.05 Å². The fourth-order valence-electron chi connectivity index (χ4n) is 3.89. The van der Waals surface area contributed by atoms with Gasteiger partial charge in [0.15, 0.2) is 0 Å². The zero-order valence-electron chi connectivity index (χ0n) is 22.4. The third kappa shape index (κ3) is 7.97. The largest absolute Gasteiger partial charge is 0.478 e. The summed E-state index contributed by atoms with van der Waals surface area (Å²) < 4.78 is 0. The third-order valence-corrected chi connectivity index (χ3v) is 6.10. The molecule has 34 heavy (non-hydrogen) atoms. The maximum Gasteiger partial charge on any atom is 0.331 e. The number of carbonyl (C=O) groups is 3. The predicted octanol–water partition coefficient (Wildman–Crippen LogP) is 3.94. The molecule has 7 nitrogen and oxygen atoms in total. The topological polar surface area (TPSA) is 98.7 Å². The van der Waals surface area contributed by atoms with Crippen molar-refractivity contribution in [2.24, 2.45) is 11.3 Å². The zero-order valence-corrected chi connectivity index (χ0v) is 22.4. The van der Waals surface area contributed by atoms with Gasteiger partial charge in [0, 0.05) is 18.2 Å². The Morgan fingerprint density at radius 1 is 1.00 bits per heavy atom. The van der Waals surface area contributed by atoms with Crippen LogP contribution < -0.4 is 10.6 Å². The van der Waals surface area contributed by atoms with Crippen LogP contribution in [0.25, 0.3) is 0 Å². The van der Waals surface area contributed by atoms with E-state index in [0.29, 0.717) is 0 Å². The van der Waals surface area contributed by atoms with Gasteiger partial charge in [0.25, 0.3) is 0 Å². The number of likely N-dealkylation sites (N-methyl/N-ethyl adjacent to an activating group) is 1. The Balaban J connectivity index is 3.11. The molecule has 0 aromatic heterocycles. The number of hydrogen-bond donors (Lipinski definition) is 3. The van der Waals surface area contributed by atoms with E-state index < -0.39 is 35.0 Å². The summed E-state index contributed by atoms with van der Waals surface area (Å²) in [5, 5.41) is 15.6. The van der Waals surface area contributed by atoms with Crippen molar-refractivity contribution in [1.29, 1.82) is 0 Å². The Morgan fingerprint density at radius 2 is 1.53 bits per heavy atom. The van der Waals surface area contributed by atoms with Crippen molar-refractivity contribution in [3.05, 3.63) is 47.5 Å². The zero-order chi connectivity index (χ0) is 26.4. The highest BCUT2D eigenvalue weighted by Gasteiger charge is 2.38. The minimum Gasteiger partial charge on any atom is -0.478 e. The van der Waals surface area contributed by atoms with Crippen LogP contribution in [0.3, 0.4) is 0 Å². The molecule has 0 saturated heterocycles. The normalized spacial score (nSPS) is 15.4. The molecule has 3 N–H and O–H groups in total. The standard InChI is InChI=1S/C27H43N3O4/c1-17(2)21(16-18(3)25(33)34)30(10)24(32)22(26(5,6)7)28-23(31)19(4)29-27(8,9)20-14-12-11-13-15-20/h11-17,19,21-22,29H,1-10H3,(H,28,31)(H,33,34)/b18-16+/t19-,21-,22-/m1/s1. The van der Waals surface area contributed by atoms with Crippen LogP contribution in [0, 0.1) is 11.3 Å². The van der Waals surface area contributed by atoms with E-state index in [-0.39, 0.29) is 23.3 Å². The van der Waals surface area contributed by atoms with E-state index in [1.54, 1.807) is 24.9 Å². The van der Waals surface area contributed by atoms with Crippen LogP contribution in [-0.4, -0.2) is 53.0 Å². The van der Waals surface area contributed by atoms with Crippen molar-refractivity contribution in [3.8, 4) is 0 Å². The molecular formula is C27H43N3O4. The number of aliphatic carboxylic acids is 1. The molecule has 0 saturated carbocycles. The maximum atomic E-state index is 13.6. The van der Waals surface area contributed by atoms with Crippen LogP contribution in [0.4, 0.5) is 0 Å². The Kier molecular flexibility index (Phi) is 10.1. The summed E-state index contributed by atoms with van der Waals surface area (Å²) in [4.78, 5) is 39.6. The highest BCUT2D eigenvalue weighted by molar-refractivity contribution is 5.91. The number of nitrogens with zero attached hydrogens (tertiary/aromatic N) is 1. The molecule has 3 atom stereocenters. The molecule has 190 valence electrons. The molecule has 1 rings (SSSR count). The van der Waals surface area contributed by atoms with E-state index in [2.05, 4.69) is 10.6 Å². The first-order valence-electron chi connectivity index (χ1n) is 11.8. The second kappa shape index (κ2) is 11.6. The van der Waals surface area contributed by atoms with Crippen LogP contribution in [0.15, 0.2) is 42.0 Å². The average Bonchev–Trinajstić information content (AvgIpc) is 2.73. The molecule has 0 aliphatic rings. The van der Waals surface area contributed by atoms with Crippen molar-refractivity contribution in [1.82, 2.24) is 15.5 Å². The van der Waals surface area contributed by atoms with Crippen molar-refractivity contribution in [3.63, 3.8) is 0 Å². The smallest absolute Gasteiger partial charge is 0.331 e. The van der Waals surface area contributed by atoms with E-state index in [1.165, 1.54) is 6.92 Å². The van der Waals surface area contributed by atoms with Gasteiger partial charge in [-0.2, -0.15) is 0 Å². The average molecular weight is 474 g/mol. The van der Waals surface area contributed by atoms with Gasteiger partial charge in [0.1, 0.15) is 6.04 Å². The summed E-state index contributed by atoms with van der Waals surface area (Å²) in [5.74, 6) is -1.56. The number of rotatable bonds is 10. The van der Waals surface area contributed by atoms with E-state index in [0.717, 1.165) is 5.56 Å². The Hall–Kier alpha value is -2.67. The Labute approximate surface area is 205 Å². The lowest BCUT2D eigenvalue weighted by molar-refractivity contribution is -0.140. The van der Waals surface area contributed by atoms with E-state index >= 15 is 0 Å². The number of hydrogen-bond acceptors (Lipinski definition) is 4. The predicted molar refractivity (Wildman–Crippen MR) is 136 cm³/mol. The highest BCUT2D eigenvalue weighted by atomic mass is 16.4. The van der Waals surface area contributed by atoms with Gasteiger partial charge in [-0.3, -0.25) is 14.9 Å². The summed E-state index contributed by atoms with van der Waals surface area (Å²) in [6.07, 6.45) is 1.60. The fraction of sp³-hybridized carbons (Fsp3) is 0.593. The van der Waals surface area contributed by atoms with Crippen LogP contribution in [0.5, 0.6) is 0 Å². The molecule has 0 bridgehead atoms. The lowest BCUT2D eigenvalue weighted by Crippen LogP contribution is -2.59. The summed E-state index contributed by atoms with van der Waals surface area (Å²) >= 11 is 0. The molecule has 7 heteroatoms. The summed E-state index contributed by atoms with van der Waals surface area (Å²) in [5.41, 5.74) is 0.231. The molecular weight excluding hydrogens is 430 g/mol. The van der Waals surface area contributed by atoms with Gasteiger partial charge in [0.05, 0.1) is 12.1 Å². The molecule has 1 aromatic carbocycles. The van der Waals surface area contributed by atoms with Crippen LogP contribution >= 0.6 is 0 Å². The van der Waals surface area contributed by atoms with Gasteiger partial charge in [-0.05, 0) is 44.6 Å². The lowest BCUT2D eigenvalue weighted by Gasteiger charge is -2.38. The highest BCUT2D eigenvalue weighted by Crippen LogP contribution is 2.24. The van der Waals surface area contributed by atoms with Gasteiger partial charge in [0.2, 0.25) is 11.8 Å². The van der Waals surface area contributed by atoms with E-state index in [1.807, 2.05) is 78.8 Å². The molecule has 1 aromatic rings. The molecule has 0 aliphatic heterocycles. The van der Waals surface area contributed by atoms with Gasteiger partial charge in [-0.15, -0.1) is 0 Å². The number of carbonyl (C=O) groups excluding carboxylic acids is 2. The molecule has 0 fully saturated rings. The molecule has 2 amide bonds. The second-order valence-corrected chi connectivity index (χ2v) is 11.0. The number of carboxylic acid groups (broad SMARTS) is 1. The quantitative estimate of drug-likeness (QED) is 0.447. The van der Waals surface area contributed by atoms with Gasteiger partial charge >= 0.3 is 5.97 Å². The fourth-order valence-corrected chi connectivity index (χ4v) is 3.89.